The Morgan fingerprint density at radius 1 is 1.39 bits per heavy atom. The summed E-state index contributed by atoms with van der Waals surface area (Å²) < 4.78 is 5.36. The third-order valence-corrected chi connectivity index (χ3v) is 3.58. The van der Waals surface area contributed by atoms with E-state index in [-0.39, 0.29) is 12.6 Å². The van der Waals surface area contributed by atoms with Crippen molar-refractivity contribution in [2.24, 2.45) is 0 Å². The van der Waals surface area contributed by atoms with Crippen molar-refractivity contribution < 1.29 is 9.84 Å². The Bertz CT molecular complexity index is 389. The predicted octanol–water partition coefficient (Wildman–Crippen LogP) is 0.942. The topological polar surface area (TPSA) is 44.7 Å². The number of benzene rings is 1. The molecule has 0 aromatic heterocycles. The van der Waals surface area contributed by atoms with Crippen LogP contribution in [0.4, 0.5) is 0 Å². The number of rotatable bonds is 4. The molecule has 4 nitrogen and oxygen atoms in total. The first kappa shape index (κ1) is 13.3. The quantitative estimate of drug-likeness (QED) is 0.835. The number of aliphatic hydroxyl groups is 1. The summed E-state index contributed by atoms with van der Waals surface area (Å²) >= 11 is 0. The fraction of sp³-hybridized carbons (Fsp3) is 0.571. The van der Waals surface area contributed by atoms with Crippen molar-refractivity contribution in [1.29, 1.82) is 0 Å². The van der Waals surface area contributed by atoms with Gasteiger partial charge in [-0.3, -0.25) is 4.90 Å². The zero-order chi connectivity index (χ0) is 13.0. The molecule has 1 saturated heterocycles. The zero-order valence-electron chi connectivity index (χ0n) is 11.1. The van der Waals surface area contributed by atoms with Gasteiger partial charge in [-0.05, 0) is 24.1 Å². The molecule has 2 rings (SSSR count). The van der Waals surface area contributed by atoms with E-state index in [0.717, 1.165) is 43.1 Å². The van der Waals surface area contributed by atoms with Crippen LogP contribution in [0, 0.1) is 6.92 Å². The molecule has 0 amide bonds. The smallest absolute Gasteiger partial charge is 0.122 e. The molecule has 4 heteroatoms. The van der Waals surface area contributed by atoms with Gasteiger partial charge in [0.25, 0.3) is 0 Å². The molecular formula is C14H22N2O2. The van der Waals surface area contributed by atoms with Gasteiger partial charge in [0.15, 0.2) is 0 Å². The van der Waals surface area contributed by atoms with E-state index in [2.05, 4.69) is 22.3 Å². The van der Waals surface area contributed by atoms with Crippen molar-refractivity contribution in [3.05, 3.63) is 29.3 Å². The normalized spacial score (nSPS) is 18.6. The predicted molar refractivity (Wildman–Crippen MR) is 72.0 cm³/mol. The summed E-state index contributed by atoms with van der Waals surface area (Å²) in [6, 6.07) is 6.25. The number of nitrogens with zero attached hydrogens (tertiary/aromatic N) is 1. The van der Waals surface area contributed by atoms with Crippen molar-refractivity contribution in [3.63, 3.8) is 0 Å². The van der Waals surface area contributed by atoms with Gasteiger partial charge in [-0.25, -0.2) is 0 Å². The van der Waals surface area contributed by atoms with E-state index in [9.17, 15) is 5.11 Å². The van der Waals surface area contributed by atoms with Crippen molar-refractivity contribution >= 4 is 0 Å². The molecule has 1 fully saturated rings. The number of ether oxygens (including phenoxy) is 1. The van der Waals surface area contributed by atoms with Crippen LogP contribution in [0.3, 0.4) is 0 Å². The standard InChI is InChI=1S/C14H22N2O2/c1-11-3-4-12(9-14(11)18-2)13(10-17)16-7-5-15-6-8-16/h3-4,9,13,15,17H,5-8,10H2,1-2H3/t13-/m1/s1. The lowest BCUT2D eigenvalue weighted by Crippen LogP contribution is -2.46. The minimum Gasteiger partial charge on any atom is -0.496 e. The number of hydrogen-bond donors (Lipinski definition) is 2. The van der Waals surface area contributed by atoms with E-state index in [0.29, 0.717) is 0 Å². The largest absolute Gasteiger partial charge is 0.496 e. The van der Waals surface area contributed by atoms with Gasteiger partial charge in [0.2, 0.25) is 0 Å². The molecule has 1 aliphatic heterocycles. The molecule has 0 unspecified atom stereocenters. The molecule has 1 aromatic rings. The van der Waals surface area contributed by atoms with E-state index in [4.69, 9.17) is 4.74 Å². The first-order chi connectivity index (χ1) is 8.76. The third kappa shape index (κ3) is 2.83. The Morgan fingerprint density at radius 2 is 2.11 bits per heavy atom. The van der Waals surface area contributed by atoms with Crippen LogP contribution < -0.4 is 10.1 Å². The summed E-state index contributed by atoms with van der Waals surface area (Å²) in [4.78, 5) is 2.32. The monoisotopic (exact) mass is 250 g/mol. The number of aliphatic hydroxyl groups excluding tert-OH is 1. The Morgan fingerprint density at radius 3 is 2.72 bits per heavy atom. The van der Waals surface area contributed by atoms with Crippen LogP contribution in [0.15, 0.2) is 18.2 Å². The maximum absolute atomic E-state index is 9.66. The second kappa shape index (κ2) is 6.18. The Hall–Kier alpha value is -1.10. The van der Waals surface area contributed by atoms with Crippen LogP contribution in [-0.4, -0.2) is 49.9 Å². The van der Waals surface area contributed by atoms with Gasteiger partial charge in [-0.1, -0.05) is 12.1 Å². The van der Waals surface area contributed by atoms with Crippen molar-refractivity contribution in [2.75, 3.05) is 39.9 Å². The number of piperazine rings is 1. The van der Waals surface area contributed by atoms with Crippen molar-refractivity contribution in [2.45, 2.75) is 13.0 Å². The molecule has 1 aliphatic rings. The lowest BCUT2D eigenvalue weighted by atomic mass is 10.0. The number of hydrogen-bond acceptors (Lipinski definition) is 4. The summed E-state index contributed by atoms with van der Waals surface area (Å²) in [5.74, 6) is 0.890. The Kier molecular flexibility index (Phi) is 4.58. The number of aryl methyl sites for hydroxylation is 1. The highest BCUT2D eigenvalue weighted by Crippen LogP contribution is 2.26. The summed E-state index contributed by atoms with van der Waals surface area (Å²) in [6.45, 7) is 6.09. The number of nitrogens with one attached hydrogen (secondary N) is 1. The fourth-order valence-electron chi connectivity index (χ4n) is 2.47. The lowest BCUT2D eigenvalue weighted by Gasteiger charge is -2.34. The average molecular weight is 250 g/mol. The van der Waals surface area contributed by atoms with E-state index < -0.39 is 0 Å². The highest BCUT2D eigenvalue weighted by molar-refractivity contribution is 5.38. The second-order valence-corrected chi connectivity index (χ2v) is 4.71. The van der Waals surface area contributed by atoms with Crippen LogP contribution in [0.5, 0.6) is 5.75 Å². The lowest BCUT2D eigenvalue weighted by molar-refractivity contribution is 0.110. The van der Waals surface area contributed by atoms with E-state index in [1.807, 2.05) is 13.0 Å². The minimum atomic E-state index is 0.0709. The summed E-state index contributed by atoms with van der Waals surface area (Å²) in [5, 5.41) is 13.0. The molecule has 1 heterocycles. The molecule has 0 spiro atoms. The molecule has 100 valence electrons. The second-order valence-electron chi connectivity index (χ2n) is 4.71. The van der Waals surface area contributed by atoms with E-state index in [1.165, 1.54) is 0 Å². The molecular weight excluding hydrogens is 228 g/mol. The molecule has 0 aliphatic carbocycles. The summed E-state index contributed by atoms with van der Waals surface area (Å²) in [7, 11) is 1.69. The van der Waals surface area contributed by atoms with Gasteiger partial charge >= 0.3 is 0 Å². The van der Waals surface area contributed by atoms with Gasteiger partial charge in [-0.2, -0.15) is 0 Å². The van der Waals surface area contributed by atoms with Crippen molar-refractivity contribution in [1.82, 2.24) is 10.2 Å². The molecule has 1 aromatic carbocycles. The maximum atomic E-state index is 9.66. The minimum absolute atomic E-state index is 0.0709. The highest BCUT2D eigenvalue weighted by atomic mass is 16.5. The highest BCUT2D eigenvalue weighted by Gasteiger charge is 2.21. The van der Waals surface area contributed by atoms with Crippen LogP contribution in [-0.2, 0) is 0 Å². The third-order valence-electron chi connectivity index (χ3n) is 3.58. The Balaban J connectivity index is 2.20. The van der Waals surface area contributed by atoms with E-state index in [1.54, 1.807) is 7.11 Å². The van der Waals surface area contributed by atoms with Gasteiger partial charge in [-0.15, -0.1) is 0 Å². The molecule has 0 radical (unpaired) electrons. The maximum Gasteiger partial charge on any atom is 0.122 e. The van der Waals surface area contributed by atoms with Crippen LogP contribution in [0.25, 0.3) is 0 Å². The molecule has 18 heavy (non-hydrogen) atoms. The van der Waals surface area contributed by atoms with Crippen LogP contribution in [0.1, 0.15) is 17.2 Å². The van der Waals surface area contributed by atoms with Gasteiger partial charge < -0.3 is 15.2 Å². The van der Waals surface area contributed by atoms with E-state index >= 15 is 0 Å². The molecule has 0 saturated carbocycles. The molecule has 0 bridgehead atoms. The molecule has 1 atom stereocenters. The first-order valence-electron chi connectivity index (χ1n) is 6.46. The first-order valence-corrected chi connectivity index (χ1v) is 6.46. The summed E-state index contributed by atoms with van der Waals surface area (Å²) in [6.07, 6.45) is 0. The molecule has 2 N–H and O–H groups in total. The average Bonchev–Trinajstić information content (AvgIpc) is 2.42. The zero-order valence-corrected chi connectivity index (χ0v) is 11.1. The SMILES string of the molecule is COc1cc([C@@H](CO)N2CCNCC2)ccc1C. The van der Waals surface area contributed by atoms with Crippen LogP contribution in [0.2, 0.25) is 0 Å². The number of methoxy groups -OCH3 is 1. The van der Waals surface area contributed by atoms with Gasteiger partial charge in [0.1, 0.15) is 5.75 Å². The summed E-state index contributed by atoms with van der Waals surface area (Å²) in [5.41, 5.74) is 2.25. The van der Waals surface area contributed by atoms with Gasteiger partial charge in [0, 0.05) is 26.2 Å². The van der Waals surface area contributed by atoms with Crippen LogP contribution >= 0.6 is 0 Å². The van der Waals surface area contributed by atoms with Crippen molar-refractivity contribution in [3.8, 4) is 5.75 Å². The fourth-order valence-corrected chi connectivity index (χ4v) is 2.47. The Labute approximate surface area is 109 Å². The van der Waals surface area contributed by atoms with Gasteiger partial charge in [0.05, 0.1) is 19.8 Å².